The van der Waals surface area contributed by atoms with Gasteiger partial charge in [0, 0.05) is 11.3 Å². The lowest BCUT2D eigenvalue weighted by Crippen LogP contribution is -2.39. The molecule has 5 nitrogen and oxygen atoms in total. The van der Waals surface area contributed by atoms with E-state index in [1.807, 2.05) is 60.6 Å². The van der Waals surface area contributed by atoms with E-state index in [9.17, 15) is 4.79 Å². The van der Waals surface area contributed by atoms with Crippen LogP contribution < -0.4 is 10.6 Å². The number of benzene rings is 1. The van der Waals surface area contributed by atoms with Gasteiger partial charge in [0.05, 0.1) is 22.8 Å². The summed E-state index contributed by atoms with van der Waals surface area (Å²) in [6.07, 6.45) is 2.38. The van der Waals surface area contributed by atoms with Crippen LogP contribution in [0.3, 0.4) is 0 Å². The summed E-state index contributed by atoms with van der Waals surface area (Å²) < 4.78 is 2.02. The number of rotatable bonds is 4. The van der Waals surface area contributed by atoms with Crippen molar-refractivity contribution in [3.05, 3.63) is 41.7 Å². The molecule has 0 spiro atoms. The first-order valence-corrected chi connectivity index (χ1v) is 9.27. The molecule has 0 aliphatic carbocycles. The molecule has 2 aromatic rings. The smallest absolute Gasteiger partial charge is 0.319 e. The Kier molecular flexibility index (Phi) is 4.85. The Labute approximate surface area is 147 Å². The topological polar surface area (TPSA) is 59.0 Å². The van der Waals surface area contributed by atoms with E-state index in [2.05, 4.69) is 22.7 Å². The molecule has 0 bridgehead atoms. The summed E-state index contributed by atoms with van der Waals surface area (Å²) >= 11 is 1.94. The fraction of sp³-hybridized carbons (Fsp3) is 0.444. The largest absolute Gasteiger partial charge is 0.336 e. The summed E-state index contributed by atoms with van der Waals surface area (Å²) in [7, 11) is 0. The lowest BCUT2D eigenvalue weighted by atomic mass is 10.1. The maximum atomic E-state index is 12.3. The third kappa shape index (κ3) is 3.59. The number of hydrogen-bond donors (Lipinski definition) is 2. The Balaban J connectivity index is 1.69. The van der Waals surface area contributed by atoms with Crippen molar-refractivity contribution in [1.82, 2.24) is 15.1 Å². The van der Waals surface area contributed by atoms with Crippen molar-refractivity contribution >= 4 is 23.5 Å². The van der Waals surface area contributed by atoms with Crippen LogP contribution in [0, 0.1) is 13.8 Å². The number of nitrogens with zero attached hydrogens (tertiary/aromatic N) is 2. The molecule has 1 aromatic carbocycles. The maximum Gasteiger partial charge on any atom is 0.319 e. The first-order chi connectivity index (χ1) is 11.5. The highest BCUT2D eigenvalue weighted by atomic mass is 32.2. The Morgan fingerprint density at radius 3 is 2.75 bits per heavy atom. The molecule has 3 rings (SSSR count). The van der Waals surface area contributed by atoms with E-state index in [0.717, 1.165) is 29.2 Å². The monoisotopic (exact) mass is 344 g/mol. The molecule has 128 valence electrons. The number of para-hydroxylation sites is 1. The van der Waals surface area contributed by atoms with Crippen LogP contribution in [-0.4, -0.2) is 32.9 Å². The van der Waals surface area contributed by atoms with Crippen molar-refractivity contribution in [2.24, 2.45) is 0 Å². The average molecular weight is 344 g/mol. The third-order valence-corrected chi connectivity index (χ3v) is 5.99. The predicted octanol–water partition coefficient (Wildman–Crippen LogP) is 3.90. The average Bonchev–Trinajstić information content (AvgIpc) is 3.13. The number of carbonyl (C=O) groups is 1. The maximum absolute atomic E-state index is 12.3. The summed E-state index contributed by atoms with van der Waals surface area (Å²) in [5.41, 5.74) is 3.50. The van der Waals surface area contributed by atoms with Crippen molar-refractivity contribution in [2.75, 3.05) is 17.6 Å². The molecule has 24 heavy (non-hydrogen) atoms. The van der Waals surface area contributed by atoms with Gasteiger partial charge in [-0.25, -0.2) is 9.48 Å². The highest BCUT2D eigenvalue weighted by Gasteiger charge is 2.29. The van der Waals surface area contributed by atoms with Crippen molar-refractivity contribution in [2.45, 2.75) is 38.4 Å². The van der Waals surface area contributed by atoms with Crippen molar-refractivity contribution in [1.29, 1.82) is 0 Å². The number of amides is 2. The van der Waals surface area contributed by atoms with E-state index in [-0.39, 0.29) is 10.8 Å². The number of carbonyl (C=O) groups excluding carboxylic acids is 1. The van der Waals surface area contributed by atoms with Crippen LogP contribution in [0.5, 0.6) is 0 Å². The lowest BCUT2D eigenvalue weighted by molar-refractivity contribution is 0.251. The fourth-order valence-electron chi connectivity index (χ4n) is 3.05. The second kappa shape index (κ2) is 6.89. The first-order valence-electron chi connectivity index (χ1n) is 8.29. The molecule has 1 atom stereocenters. The van der Waals surface area contributed by atoms with Crippen LogP contribution in [0.4, 0.5) is 10.5 Å². The van der Waals surface area contributed by atoms with Gasteiger partial charge in [-0.2, -0.15) is 16.9 Å². The molecular formula is C18H24N4OS. The van der Waals surface area contributed by atoms with Gasteiger partial charge in [0.1, 0.15) is 0 Å². The van der Waals surface area contributed by atoms with Crippen molar-refractivity contribution in [3.8, 4) is 5.69 Å². The van der Waals surface area contributed by atoms with Gasteiger partial charge in [-0.15, -0.1) is 0 Å². The standard InChI is InChI=1S/C18H24N4OS/c1-13-16(14(2)22(21-13)15-8-5-4-6-9-15)20-17(23)19-12-18(3)10-7-11-24-18/h4-6,8-9H,7,10-12H2,1-3H3,(H2,19,20,23)/t18-/m1/s1. The Morgan fingerprint density at radius 2 is 2.08 bits per heavy atom. The number of aryl methyl sites for hydroxylation is 1. The molecule has 0 unspecified atom stereocenters. The van der Waals surface area contributed by atoms with Gasteiger partial charge in [-0.3, -0.25) is 0 Å². The second-order valence-corrected chi connectivity index (χ2v) is 8.19. The minimum absolute atomic E-state index is 0.162. The van der Waals surface area contributed by atoms with Crippen LogP contribution in [0.25, 0.3) is 5.69 Å². The molecule has 0 radical (unpaired) electrons. The van der Waals surface area contributed by atoms with E-state index >= 15 is 0 Å². The summed E-state index contributed by atoms with van der Waals surface area (Å²) in [6.45, 7) is 6.79. The van der Waals surface area contributed by atoms with Crippen molar-refractivity contribution in [3.63, 3.8) is 0 Å². The van der Waals surface area contributed by atoms with Gasteiger partial charge in [0.15, 0.2) is 0 Å². The molecule has 1 fully saturated rings. The van der Waals surface area contributed by atoms with Gasteiger partial charge in [-0.05, 0) is 51.5 Å². The van der Waals surface area contributed by atoms with Crippen LogP contribution in [0.15, 0.2) is 30.3 Å². The van der Waals surface area contributed by atoms with Crippen LogP contribution in [0.2, 0.25) is 0 Å². The summed E-state index contributed by atoms with van der Waals surface area (Å²) in [4.78, 5) is 12.3. The molecule has 2 amide bonds. The SMILES string of the molecule is Cc1nn(-c2ccccc2)c(C)c1NC(=O)NC[C@@]1(C)CCCS1. The highest BCUT2D eigenvalue weighted by Crippen LogP contribution is 2.37. The van der Waals surface area contributed by atoms with E-state index in [0.29, 0.717) is 6.54 Å². The van der Waals surface area contributed by atoms with Gasteiger partial charge < -0.3 is 10.6 Å². The van der Waals surface area contributed by atoms with Gasteiger partial charge in [0.2, 0.25) is 0 Å². The molecule has 6 heteroatoms. The highest BCUT2D eigenvalue weighted by molar-refractivity contribution is 8.00. The molecule has 1 saturated heterocycles. The normalized spacial score (nSPS) is 20.1. The minimum Gasteiger partial charge on any atom is -0.336 e. The summed E-state index contributed by atoms with van der Waals surface area (Å²) in [5, 5.41) is 10.5. The third-order valence-electron chi connectivity index (χ3n) is 4.45. The quantitative estimate of drug-likeness (QED) is 0.884. The molecule has 1 aliphatic rings. The van der Waals surface area contributed by atoms with Gasteiger partial charge in [-0.1, -0.05) is 18.2 Å². The Bertz CT molecular complexity index is 720. The predicted molar refractivity (Wildman–Crippen MR) is 100 cm³/mol. The van der Waals surface area contributed by atoms with E-state index in [4.69, 9.17) is 0 Å². The number of hydrogen-bond acceptors (Lipinski definition) is 3. The fourth-order valence-corrected chi connectivity index (χ4v) is 4.29. The molecular weight excluding hydrogens is 320 g/mol. The van der Waals surface area contributed by atoms with E-state index in [1.54, 1.807) is 0 Å². The number of thioether (sulfide) groups is 1. The number of anilines is 1. The molecule has 2 heterocycles. The number of nitrogens with one attached hydrogen (secondary N) is 2. The van der Waals surface area contributed by atoms with Gasteiger partial charge >= 0.3 is 6.03 Å². The second-order valence-electron chi connectivity index (χ2n) is 6.50. The number of aromatic nitrogens is 2. The minimum atomic E-state index is -0.164. The van der Waals surface area contributed by atoms with Crippen LogP contribution >= 0.6 is 11.8 Å². The van der Waals surface area contributed by atoms with Crippen LogP contribution in [0.1, 0.15) is 31.2 Å². The molecule has 1 aromatic heterocycles. The first kappa shape index (κ1) is 16.9. The zero-order chi connectivity index (χ0) is 17.2. The molecule has 0 saturated carbocycles. The molecule has 2 N–H and O–H groups in total. The number of urea groups is 1. The summed E-state index contributed by atoms with van der Waals surface area (Å²) in [5.74, 6) is 1.18. The van der Waals surface area contributed by atoms with Crippen molar-refractivity contribution < 1.29 is 4.79 Å². The lowest BCUT2D eigenvalue weighted by Gasteiger charge is -2.22. The van der Waals surface area contributed by atoms with Gasteiger partial charge in [0.25, 0.3) is 0 Å². The van der Waals surface area contributed by atoms with Crippen LogP contribution in [-0.2, 0) is 0 Å². The van der Waals surface area contributed by atoms with E-state index < -0.39 is 0 Å². The summed E-state index contributed by atoms with van der Waals surface area (Å²) in [6, 6.07) is 9.77. The zero-order valence-electron chi connectivity index (χ0n) is 14.4. The Morgan fingerprint density at radius 1 is 1.33 bits per heavy atom. The Hall–Kier alpha value is -1.95. The zero-order valence-corrected chi connectivity index (χ0v) is 15.2. The molecule has 1 aliphatic heterocycles. The van der Waals surface area contributed by atoms with E-state index in [1.165, 1.54) is 12.2 Å².